The van der Waals surface area contributed by atoms with Crippen LogP contribution in [-0.2, 0) is 33.5 Å². The molecule has 9 nitrogen and oxygen atoms in total. The van der Waals surface area contributed by atoms with E-state index >= 15 is 0 Å². The van der Waals surface area contributed by atoms with Gasteiger partial charge >= 0.3 is 0 Å². The third-order valence-corrected chi connectivity index (χ3v) is 3.08. The van der Waals surface area contributed by atoms with Crippen LogP contribution < -0.4 is 0 Å². The van der Waals surface area contributed by atoms with E-state index in [1.54, 1.807) is 6.92 Å². The van der Waals surface area contributed by atoms with E-state index < -0.39 is 36.3 Å². The average Bonchev–Trinajstić information content (AvgIpc) is 2.81. The molecule has 1 aliphatic rings. The van der Waals surface area contributed by atoms with Crippen LogP contribution in [0.25, 0.3) is 0 Å². The molecule has 3 amide bonds. The number of ketones is 1. The molecule has 1 rings (SSSR count). The largest absolute Gasteiger partial charge is 0.375 e. The fourth-order valence-corrected chi connectivity index (χ4v) is 1.83. The second kappa shape index (κ2) is 8.57. The van der Waals surface area contributed by atoms with E-state index in [1.165, 1.54) is 19.1 Å². The van der Waals surface area contributed by atoms with Crippen molar-refractivity contribution in [3.63, 3.8) is 0 Å². The van der Waals surface area contributed by atoms with Crippen LogP contribution in [0.1, 0.15) is 19.8 Å². The molecule has 0 aromatic rings. The minimum atomic E-state index is -0.623. The Bertz CT molecular complexity index is 436. The number of imide groups is 1. The molecule has 0 N–H and O–H groups in total. The Morgan fingerprint density at radius 3 is 2.27 bits per heavy atom. The number of methoxy groups -OCH3 is 2. The molecule has 0 aromatic carbocycles. The monoisotopic (exact) mass is 316 g/mol. The number of amides is 3. The Labute approximate surface area is 128 Å². The van der Waals surface area contributed by atoms with Gasteiger partial charge in [0, 0.05) is 27.1 Å². The Hall–Kier alpha value is -1.84. The predicted octanol–water partition coefficient (Wildman–Crippen LogP) is -0.896. The smallest absolute Gasteiger partial charge is 0.254 e. The van der Waals surface area contributed by atoms with E-state index in [-0.39, 0.29) is 26.0 Å². The molecule has 1 unspecified atom stereocenters. The van der Waals surface area contributed by atoms with Crippen LogP contribution in [0.2, 0.25) is 0 Å². The molecular weight excluding hydrogens is 296 g/mol. The first kappa shape index (κ1) is 18.2. The van der Waals surface area contributed by atoms with Crippen molar-refractivity contribution in [1.29, 1.82) is 0 Å². The van der Waals surface area contributed by atoms with Crippen molar-refractivity contribution in [2.75, 3.05) is 34.0 Å². The Balaban J connectivity index is 2.54. The van der Waals surface area contributed by atoms with Gasteiger partial charge in [-0.05, 0) is 6.92 Å². The van der Waals surface area contributed by atoms with Crippen molar-refractivity contribution in [3.05, 3.63) is 0 Å². The normalized spacial score (nSPS) is 16.0. The Kier molecular flexibility index (Phi) is 7.09. The zero-order valence-electron chi connectivity index (χ0n) is 12.9. The van der Waals surface area contributed by atoms with E-state index in [9.17, 15) is 19.2 Å². The maximum atomic E-state index is 11.9. The summed E-state index contributed by atoms with van der Waals surface area (Å²) in [5.41, 5.74) is 0. The van der Waals surface area contributed by atoms with Crippen LogP contribution in [-0.4, -0.2) is 73.7 Å². The molecule has 0 spiro atoms. The van der Waals surface area contributed by atoms with Gasteiger partial charge in [0.05, 0.1) is 6.54 Å². The summed E-state index contributed by atoms with van der Waals surface area (Å²) in [7, 11) is 2.77. The predicted molar refractivity (Wildman–Crippen MR) is 72.1 cm³/mol. The first-order chi connectivity index (χ1) is 10.4. The van der Waals surface area contributed by atoms with Crippen molar-refractivity contribution < 1.29 is 33.5 Å². The lowest BCUT2D eigenvalue weighted by Gasteiger charge is -2.27. The summed E-state index contributed by atoms with van der Waals surface area (Å²) in [6, 6.07) is 0. The zero-order chi connectivity index (χ0) is 16.7. The van der Waals surface area contributed by atoms with Gasteiger partial charge < -0.3 is 14.4 Å². The summed E-state index contributed by atoms with van der Waals surface area (Å²) in [6.07, 6.45) is -0.472. The minimum absolute atomic E-state index is 0.0756. The van der Waals surface area contributed by atoms with E-state index in [2.05, 4.69) is 0 Å². The number of rotatable bonds is 9. The van der Waals surface area contributed by atoms with Crippen LogP contribution in [0.3, 0.4) is 0 Å². The fraction of sp³-hybridized carbons (Fsp3) is 0.692. The number of carbonyl (C=O) groups excluding carboxylic acids is 4. The second-order valence-corrected chi connectivity index (χ2v) is 4.68. The topological polar surface area (TPSA) is 102 Å². The molecule has 124 valence electrons. The third-order valence-electron chi connectivity index (χ3n) is 3.08. The molecule has 22 heavy (non-hydrogen) atoms. The van der Waals surface area contributed by atoms with Crippen LogP contribution in [0.15, 0.2) is 0 Å². The summed E-state index contributed by atoms with van der Waals surface area (Å²) in [6.45, 7) is 0.665. The molecule has 0 bridgehead atoms. The lowest BCUT2D eigenvalue weighted by Crippen LogP contribution is -2.45. The molecule has 1 fully saturated rings. The molecule has 0 saturated carbocycles. The zero-order valence-corrected chi connectivity index (χ0v) is 12.9. The first-order valence-electron chi connectivity index (χ1n) is 6.72. The lowest BCUT2D eigenvalue weighted by atomic mass is 10.3. The standard InChI is InChI=1S/C13H20N2O7/c1-9(21-3)14(13(19)8-20-2)6-10(16)7-22-15-11(17)4-5-12(15)18/h9H,4-8H2,1-3H3. The molecule has 1 heterocycles. The molecule has 1 saturated heterocycles. The number of ether oxygens (including phenoxy) is 2. The highest BCUT2D eigenvalue weighted by Crippen LogP contribution is 2.12. The van der Waals surface area contributed by atoms with Crippen molar-refractivity contribution in [1.82, 2.24) is 9.96 Å². The van der Waals surface area contributed by atoms with E-state index in [1.807, 2.05) is 0 Å². The number of carbonyl (C=O) groups is 4. The Morgan fingerprint density at radius 2 is 1.77 bits per heavy atom. The highest BCUT2D eigenvalue weighted by atomic mass is 16.7. The van der Waals surface area contributed by atoms with Crippen LogP contribution >= 0.6 is 0 Å². The van der Waals surface area contributed by atoms with Gasteiger partial charge in [-0.1, -0.05) is 0 Å². The molecule has 1 atom stereocenters. The van der Waals surface area contributed by atoms with Gasteiger partial charge in [0.25, 0.3) is 17.7 Å². The summed E-state index contributed by atoms with van der Waals surface area (Å²) in [4.78, 5) is 52.5. The summed E-state index contributed by atoms with van der Waals surface area (Å²) in [5, 5.41) is 0.596. The first-order valence-corrected chi connectivity index (χ1v) is 6.72. The molecule has 1 aliphatic heterocycles. The summed E-state index contributed by atoms with van der Waals surface area (Å²) < 4.78 is 9.77. The molecule has 0 aromatic heterocycles. The average molecular weight is 316 g/mol. The van der Waals surface area contributed by atoms with Gasteiger partial charge in [0.15, 0.2) is 5.78 Å². The number of nitrogens with zero attached hydrogens (tertiary/aromatic N) is 2. The Morgan fingerprint density at radius 1 is 1.18 bits per heavy atom. The quantitative estimate of drug-likeness (QED) is 0.401. The SMILES string of the molecule is COCC(=O)N(CC(=O)CON1C(=O)CCC1=O)C(C)OC. The maximum Gasteiger partial charge on any atom is 0.254 e. The van der Waals surface area contributed by atoms with Gasteiger partial charge in [-0.2, -0.15) is 5.06 Å². The van der Waals surface area contributed by atoms with Crippen molar-refractivity contribution >= 4 is 23.5 Å². The van der Waals surface area contributed by atoms with Gasteiger partial charge in [-0.15, -0.1) is 0 Å². The highest BCUT2D eigenvalue weighted by Gasteiger charge is 2.31. The molecule has 0 radical (unpaired) electrons. The maximum absolute atomic E-state index is 11.9. The molecular formula is C13H20N2O7. The van der Waals surface area contributed by atoms with Crippen LogP contribution in [0.4, 0.5) is 0 Å². The number of hydrogen-bond donors (Lipinski definition) is 0. The molecule has 9 heteroatoms. The summed E-state index contributed by atoms with van der Waals surface area (Å²) in [5.74, 6) is -1.84. The number of hydrogen-bond acceptors (Lipinski definition) is 7. The van der Waals surface area contributed by atoms with Gasteiger partial charge in [0.1, 0.15) is 19.4 Å². The van der Waals surface area contributed by atoms with Crippen molar-refractivity contribution in [2.45, 2.75) is 26.0 Å². The van der Waals surface area contributed by atoms with Crippen molar-refractivity contribution in [3.8, 4) is 0 Å². The van der Waals surface area contributed by atoms with E-state index in [0.29, 0.717) is 5.06 Å². The third kappa shape index (κ3) is 4.86. The second-order valence-electron chi connectivity index (χ2n) is 4.68. The fourth-order valence-electron chi connectivity index (χ4n) is 1.83. The minimum Gasteiger partial charge on any atom is -0.375 e. The highest BCUT2D eigenvalue weighted by molar-refractivity contribution is 6.00. The van der Waals surface area contributed by atoms with Crippen LogP contribution in [0.5, 0.6) is 0 Å². The summed E-state index contributed by atoms with van der Waals surface area (Å²) >= 11 is 0. The number of Topliss-reactive ketones (excluding diaryl/α,β-unsaturated/α-hetero) is 1. The van der Waals surface area contributed by atoms with E-state index in [4.69, 9.17) is 14.3 Å². The van der Waals surface area contributed by atoms with Crippen LogP contribution in [0, 0.1) is 0 Å². The van der Waals surface area contributed by atoms with Crippen molar-refractivity contribution in [2.24, 2.45) is 0 Å². The van der Waals surface area contributed by atoms with Gasteiger partial charge in [-0.25, -0.2) is 0 Å². The lowest BCUT2D eigenvalue weighted by molar-refractivity contribution is -0.189. The van der Waals surface area contributed by atoms with Gasteiger partial charge in [-0.3, -0.25) is 24.0 Å². The van der Waals surface area contributed by atoms with E-state index in [0.717, 1.165) is 0 Å². The molecule has 0 aliphatic carbocycles. The van der Waals surface area contributed by atoms with Gasteiger partial charge in [0.2, 0.25) is 0 Å². The number of hydroxylamine groups is 2.